The van der Waals surface area contributed by atoms with Crippen molar-refractivity contribution in [1.82, 2.24) is 0 Å². The number of fused-ring (bicyclic) bond motifs is 2. The summed E-state index contributed by atoms with van der Waals surface area (Å²) in [4.78, 5) is 3.29. The van der Waals surface area contributed by atoms with Gasteiger partial charge in [0.05, 0.1) is 0 Å². The first kappa shape index (κ1) is 19.7. The van der Waals surface area contributed by atoms with Crippen molar-refractivity contribution in [2.45, 2.75) is 4.90 Å². The van der Waals surface area contributed by atoms with Gasteiger partial charge in [-0.05, 0) is 28.3 Å². The molecule has 0 saturated carbocycles. The number of nitrogens with zero attached hydrogens (tertiary/aromatic N) is 1. The summed E-state index contributed by atoms with van der Waals surface area (Å²) in [6, 6.07) is 29.5. The first-order valence-electron chi connectivity index (χ1n) is 8.15. The van der Waals surface area contributed by atoms with E-state index in [2.05, 4.69) is 89.8 Å². The summed E-state index contributed by atoms with van der Waals surface area (Å²) in [5, 5.41) is 4.92. The molecule has 26 heavy (non-hydrogen) atoms. The van der Waals surface area contributed by atoms with E-state index in [1.165, 1.54) is 26.4 Å². The summed E-state index contributed by atoms with van der Waals surface area (Å²) in [5.74, 6) is 0. The van der Waals surface area contributed by atoms with Gasteiger partial charge in [0.1, 0.15) is 4.32 Å². The van der Waals surface area contributed by atoms with E-state index in [-0.39, 0.29) is 37.7 Å². The number of hydrogen-bond donors (Lipinski definition) is 0. The molecule has 0 spiro atoms. The van der Waals surface area contributed by atoms with E-state index in [0.29, 0.717) is 0 Å². The van der Waals surface area contributed by atoms with Gasteiger partial charge < -0.3 is 4.90 Å². The molecule has 0 atom stereocenters. The summed E-state index contributed by atoms with van der Waals surface area (Å²) in [7, 11) is 2.04. The van der Waals surface area contributed by atoms with E-state index in [4.69, 9.17) is 12.2 Å². The zero-order valence-electron chi connectivity index (χ0n) is 13.8. The van der Waals surface area contributed by atoms with E-state index < -0.39 is 0 Å². The Labute approximate surface area is 193 Å². The average Bonchev–Trinajstić information content (AvgIpc) is 2.67. The van der Waals surface area contributed by atoms with Gasteiger partial charge in [-0.15, -0.1) is 0 Å². The summed E-state index contributed by atoms with van der Waals surface area (Å²) >= 11 is 7.40. The molecule has 126 valence electrons. The molecule has 0 aliphatic carbocycles. The van der Waals surface area contributed by atoms with Crippen LogP contribution in [0.5, 0.6) is 0 Å². The van der Waals surface area contributed by atoms with Gasteiger partial charge >= 0.3 is 37.7 Å². The Morgan fingerprint density at radius 3 is 2.00 bits per heavy atom. The molecule has 4 heteroatoms. The third kappa shape index (κ3) is 3.92. The zero-order valence-corrected chi connectivity index (χ0v) is 15.5. The van der Waals surface area contributed by atoms with Crippen LogP contribution in [0.2, 0.25) is 0 Å². The monoisotopic (exact) mass is 401 g/mol. The predicted molar refractivity (Wildman–Crippen MR) is 123 cm³/mol. The molecule has 0 N–H and O–H groups in total. The Bertz CT molecular complexity index is 1070. The van der Waals surface area contributed by atoms with Crippen molar-refractivity contribution in [3.8, 4) is 0 Å². The van der Waals surface area contributed by atoms with E-state index >= 15 is 0 Å². The van der Waals surface area contributed by atoms with Crippen molar-refractivity contribution < 1.29 is 0 Å². The second-order valence-corrected chi connectivity index (χ2v) is 7.58. The van der Waals surface area contributed by atoms with Crippen molar-refractivity contribution in [3.63, 3.8) is 0 Å². The second kappa shape index (κ2) is 8.73. The number of anilines is 1. The minimum atomic E-state index is 0. The fraction of sp³-hybridized carbons (Fsp3) is 0.0455. The van der Waals surface area contributed by atoms with Crippen LogP contribution in [0.3, 0.4) is 0 Å². The van der Waals surface area contributed by atoms with Crippen molar-refractivity contribution in [2.24, 2.45) is 0 Å². The first-order valence-corrected chi connectivity index (χ1v) is 9.37. The third-order valence-corrected chi connectivity index (χ3v) is 5.90. The van der Waals surface area contributed by atoms with Crippen LogP contribution in [0, 0.1) is 0 Å². The van der Waals surface area contributed by atoms with Crippen molar-refractivity contribution in [2.75, 3.05) is 11.9 Å². The molecular weight excluding hydrogens is 382 g/mol. The van der Waals surface area contributed by atoms with E-state index in [0.717, 1.165) is 10.0 Å². The molecule has 0 fully saturated rings. The van der Waals surface area contributed by atoms with Crippen LogP contribution in [0.1, 0.15) is 0 Å². The van der Waals surface area contributed by atoms with Gasteiger partial charge in [0.15, 0.2) is 0 Å². The summed E-state index contributed by atoms with van der Waals surface area (Å²) in [6.07, 6.45) is 0. The third-order valence-electron chi connectivity index (χ3n) is 4.35. The Balaban J connectivity index is 0.00000196. The standard InChI is InChI=1S/C22H17NS2.Ca.2H/c1-23(20-14-6-10-16-8-2-4-12-18(16)20)22(24)25-21-15-7-11-17-9-3-5-13-19(17)21;;;/h2-15H,1H3;;;. The second-order valence-electron chi connectivity index (χ2n) is 5.90. The fourth-order valence-electron chi connectivity index (χ4n) is 3.05. The van der Waals surface area contributed by atoms with Crippen LogP contribution in [0.4, 0.5) is 5.69 Å². The molecule has 0 heterocycles. The molecule has 1 nitrogen and oxygen atoms in total. The molecule has 4 aromatic rings. The van der Waals surface area contributed by atoms with Crippen LogP contribution < -0.4 is 4.90 Å². The van der Waals surface area contributed by atoms with Crippen LogP contribution in [0.25, 0.3) is 21.5 Å². The van der Waals surface area contributed by atoms with E-state index in [1.807, 2.05) is 7.05 Å². The molecule has 0 aromatic heterocycles. The number of benzene rings is 4. The maximum atomic E-state index is 5.76. The van der Waals surface area contributed by atoms with Gasteiger partial charge in [-0.2, -0.15) is 0 Å². The molecule has 0 unspecified atom stereocenters. The molecule has 0 amide bonds. The van der Waals surface area contributed by atoms with Gasteiger partial charge in [0, 0.05) is 23.0 Å². The van der Waals surface area contributed by atoms with Gasteiger partial charge in [-0.3, -0.25) is 0 Å². The van der Waals surface area contributed by atoms with Crippen molar-refractivity contribution in [1.29, 1.82) is 0 Å². The molecule has 0 aliphatic heterocycles. The van der Waals surface area contributed by atoms with Gasteiger partial charge in [0.25, 0.3) is 0 Å². The van der Waals surface area contributed by atoms with Crippen LogP contribution in [-0.4, -0.2) is 49.1 Å². The molecule has 0 radical (unpaired) electrons. The van der Waals surface area contributed by atoms with E-state index in [9.17, 15) is 0 Å². The topological polar surface area (TPSA) is 3.24 Å². The van der Waals surface area contributed by atoms with E-state index in [1.54, 1.807) is 11.8 Å². The number of hydrogen-bond acceptors (Lipinski definition) is 2. The molecule has 0 aliphatic rings. The predicted octanol–water partition coefficient (Wildman–Crippen LogP) is 5.59. The Kier molecular flexibility index (Phi) is 6.60. The van der Waals surface area contributed by atoms with Crippen LogP contribution in [-0.2, 0) is 0 Å². The Morgan fingerprint density at radius 2 is 1.27 bits per heavy atom. The van der Waals surface area contributed by atoms with Crippen LogP contribution in [0.15, 0.2) is 89.8 Å². The molecule has 4 rings (SSSR count). The number of rotatable bonds is 2. The summed E-state index contributed by atoms with van der Waals surface area (Å²) < 4.78 is 0.840. The van der Waals surface area contributed by atoms with Gasteiger partial charge in [0.2, 0.25) is 0 Å². The molecule has 0 saturated heterocycles. The minimum absolute atomic E-state index is 0. The van der Waals surface area contributed by atoms with Gasteiger partial charge in [-0.25, -0.2) is 0 Å². The normalized spacial score (nSPS) is 10.5. The van der Waals surface area contributed by atoms with Crippen molar-refractivity contribution in [3.05, 3.63) is 84.9 Å². The first-order chi connectivity index (χ1) is 12.2. The quantitative estimate of drug-likeness (QED) is 0.245. The molecular formula is C22H19CaNS2. The Morgan fingerprint density at radius 1 is 0.731 bits per heavy atom. The summed E-state index contributed by atoms with van der Waals surface area (Å²) in [5.41, 5.74) is 1.14. The fourth-order valence-corrected chi connectivity index (χ4v) is 4.28. The SMILES string of the molecule is CN(C(=S)Sc1cccc2ccccc12)c1cccc2ccccc12.[CaH2]. The van der Waals surface area contributed by atoms with Crippen LogP contribution >= 0.6 is 24.0 Å². The molecule has 0 bridgehead atoms. The molecule has 4 aromatic carbocycles. The van der Waals surface area contributed by atoms with Crippen molar-refractivity contribution >= 4 is 93.3 Å². The maximum absolute atomic E-state index is 5.76. The Hall–Kier alpha value is -1.10. The average molecular weight is 402 g/mol. The number of thioether (sulfide) groups is 1. The zero-order chi connectivity index (χ0) is 17.2. The number of thiocarbonyl (C=S) groups is 1. The summed E-state index contributed by atoms with van der Waals surface area (Å²) in [6.45, 7) is 0. The van der Waals surface area contributed by atoms with Gasteiger partial charge in [-0.1, -0.05) is 96.8 Å².